The molecule has 0 atom stereocenters. The van der Waals surface area contributed by atoms with E-state index >= 15 is 0 Å². The van der Waals surface area contributed by atoms with Crippen molar-refractivity contribution in [1.82, 2.24) is 0 Å². The lowest BCUT2D eigenvalue weighted by Gasteiger charge is -2.18. The molecule has 1 aliphatic heterocycles. The molecule has 0 amide bonds. The molecule has 72 valence electrons. The van der Waals surface area contributed by atoms with E-state index < -0.39 is 0 Å². The van der Waals surface area contributed by atoms with Crippen LogP contribution in [0.5, 0.6) is 11.5 Å². The summed E-state index contributed by atoms with van der Waals surface area (Å²) >= 11 is 0. The Morgan fingerprint density at radius 3 is 2.54 bits per heavy atom. The molecule has 0 unspecified atom stereocenters. The van der Waals surface area contributed by atoms with Gasteiger partial charge < -0.3 is 14.9 Å². The summed E-state index contributed by atoms with van der Waals surface area (Å²) in [6.45, 7) is 1.21. The average molecular weight is 203 g/mol. The molecule has 0 bridgehead atoms. The predicted octanol–water partition coefficient (Wildman–Crippen LogP) is 1.17. The van der Waals surface area contributed by atoms with Crippen LogP contribution in [0, 0.1) is 0 Å². The predicted molar refractivity (Wildman–Crippen MR) is 52.5 cm³/mol. The molecule has 1 aromatic carbocycles. The molecular weight excluding hydrogens is 192 g/mol. The second kappa shape index (κ2) is 4.20. The third-order valence-corrected chi connectivity index (χ3v) is 1.71. The van der Waals surface area contributed by atoms with E-state index in [0.717, 1.165) is 17.2 Å². The number of anilines is 1. The van der Waals surface area contributed by atoms with Gasteiger partial charge in [-0.15, -0.1) is 12.4 Å². The van der Waals surface area contributed by atoms with Crippen LogP contribution in [-0.4, -0.2) is 13.2 Å². The number of hydrogen-bond acceptors (Lipinski definition) is 4. The quantitative estimate of drug-likeness (QED) is 0.530. The van der Waals surface area contributed by atoms with E-state index in [-0.39, 0.29) is 12.4 Å². The Hall–Kier alpha value is -1.13. The van der Waals surface area contributed by atoms with Crippen LogP contribution in [0.1, 0.15) is 0 Å². The number of nitrogens with two attached hydrogens (primary N) is 1. The molecule has 13 heavy (non-hydrogen) atoms. The maximum atomic E-state index is 5.35. The number of halogens is 1. The monoisotopic (exact) mass is 202 g/mol. The third-order valence-electron chi connectivity index (χ3n) is 1.71. The summed E-state index contributed by atoms with van der Waals surface area (Å²) in [5.74, 6) is 6.76. The van der Waals surface area contributed by atoms with Crippen molar-refractivity contribution >= 4 is 18.1 Å². The summed E-state index contributed by atoms with van der Waals surface area (Å²) in [5, 5.41) is 0. The van der Waals surface area contributed by atoms with Crippen LogP contribution in [0.15, 0.2) is 18.2 Å². The Morgan fingerprint density at radius 1 is 1.15 bits per heavy atom. The first-order chi connectivity index (χ1) is 5.90. The number of hydrogen-bond donors (Lipinski definition) is 2. The van der Waals surface area contributed by atoms with Gasteiger partial charge in [0.1, 0.15) is 13.2 Å². The van der Waals surface area contributed by atoms with Gasteiger partial charge in [0.05, 0.1) is 5.69 Å². The second-order valence-corrected chi connectivity index (χ2v) is 2.50. The zero-order chi connectivity index (χ0) is 8.39. The molecule has 0 spiro atoms. The van der Waals surface area contributed by atoms with Crippen molar-refractivity contribution in [3.05, 3.63) is 18.2 Å². The second-order valence-electron chi connectivity index (χ2n) is 2.50. The van der Waals surface area contributed by atoms with Gasteiger partial charge in [-0.2, -0.15) is 0 Å². The zero-order valence-corrected chi connectivity index (χ0v) is 7.76. The smallest absolute Gasteiger partial charge is 0.163 e. The van der Waals surface area contributed by atoms with Crippen molar-refractivity contribution in [2.75, 3.05) is 18.6 Å². The van der Waals surface area contributed by atoms with Gasteiger partial charge >= 0.3 is 0 Å². The normalized spacial score (nSPS) is 13.0. The number of benzene rings is 1. The van der Waals surface area contributed by atoms with Gasteiger partial charge in [0.25, 0.3) is 0 Å². The molecular formula is C8H11ClN2O2. The van der Waals surface area contributed by atoms with Crippen LogP contribution in [0.25, 0.3) is 0 Å². The minimum Gasteiger partial charge on any atom is -0.486 e. The molecule has 3 N–H and O–H groups in total. The molecule has 0 fully saturated rings. The Balaban J connectivity index is 0.000000845. The summed E-state index contributed by atoms with van der Waals surface area (Å²) in [7, 11) is 0. The van der Waals surface area contributed by atoms with E-state index in [1.54, 1.807) is 0 Å². The van der Waals surface area contributed by atoms with Crippen LogP contribution in [-0.2, 0) is 0 Å². The van der Waals surface area contributed by atoms with Crippen LogP contribution >= 0.6 is 12.4 Å². The first-order valence-electron chi connectivity index (χ1n) is 3.76. The lowest BCUT2D eigenvalue weighted by Crippen LogP contribution is -2.16. The Morgan fingerprint density at radius 2 is 1.85 bits per heavy atom. The molecule has 2 rings (SSSR count). The summed E-state index contributed by atoms with van der Waals surface area (Å²) in [6.07, 6.45) is 0. The number of fused-ring (bicyclic) bond motifs is 1. The van der Waals surface area contributed by atoms with E-state index in [0.29, 0.717) is 13.2 Å². The molecule has 5 heteroatoms. The first-order valence-corrected chi connectivity index (χ1v) is 3.76. The lowest BCUT2D eigenvalue weighted by molar-refractivity contribution is 0.171. The summed E-state index contributed by atoms with van der Waals surface area (Å²) < 4.78 is 10.7. The molecule has 1 heterocycles. The van der Waals surface area contributed by atoms with Crippen LogP contribution in [0.4, 0.5) is 5.69 Å². The number of nitrogens with one attached hydrogen (secondary N) is 1. The molecule has 0 saturated heterocycles. The van der Waals surface area contributed by atoms with Crippen molar-refractivity contribution in [3.63, 3.8) is 0 Å². The van der Waals surface area contributed by atoms with Gasteiger partial charge in [-0.1, -0.05) is 0 Å². The van der Waals surface area contributed by atoms with Gasteiger partial charge in [-0.3, -0.25) is 5.84 Å². The number of ether oxygens (including phenoxy) is 2. The SMILES string of the molecule is Cl.NNc1ccc2c(c1)OCCO2. The van der Waals surface area contributed by atoms with Crippen molar-refractivity contribution in [2.24, 2.45) is 5.84 Å². The third kappa shape index (κ3) is 1.96. The fourth-order valence-electron chi connectivity index (χ4n) is 1.13. The van der Waals surface area contributed by atoms with Crippen molar-refractivity contribution in [3.8, 4) is 11.5 Å². The highest BCUT2D eigenvalue weighted by Gasteiger charge is 2.10. The van der Waals surface area contributed by atoms with E-state index in [2.05, 4.69) is 5.43 Å². The topological polar surface area (TPSA) is 56.5 Å². The van der Waals surface area contributed by atoms with E-state index in [1.165, 1.54) is 0 Å². The standard InChI is InChI=1S/C8H10N2O2.ClH/c9-10-6-1-2-7-8(5-6)12-4-3-11-7;/h1-2,5,10H,3-4,9H2;1H. The van der Waals surface area contributed by atoms with Crippen LogP contribution in [0.3, 0.4) is 0 Å². The number of nitrogen functional groups attached to an aromatic ring is 1. The molecule has 0 saturated carbocycles. The number of hydrazine groups is 1. The summed E-state index contributed by atoms with van der Waals surface area (Å²) in [5.41, 5.74) is 3.36. The van der Waals surface area contributed by atoms with Crippen LogP contribution in [0.2, 0.25) is 0 Å². The van der Waals surface area contributed by atoms with Crippen molar-refractivity contribution in [2.45, 2.75) is 0 Å². The molecule has 0 radical (unpaired) electrons. The lowest BCUT2D eigenvalue weighted by atomic mass is 10.2. The minimum absolute atomic E-state index is 0. The fraction of sp³-hybridized carbons (Fsp3) is 0.250. The first kappa shape index (κ1) is 9.95. The highest BCUT2D eigenvalue weighted by molar-refractivity contribution is 5.85. The van der Waals surface area contributed by atoms with Gasteiger partial charge in [-0.05, 0) is 12.1 Å². The largest absolute Gasteiger partial charge is 0.486 e. The molecule has 0 aliphatic carbocycles. The van der Waals surface area contributed by atoms with Gasteiger partial charge in [0.2, 0.25) is 0 Å². The van der Waals surface area contributed by atoms with Gasteiger partial charge in [-0.25, -0.2) is 0 Å². The summed E-state index contributed by atoms with van der Waals surface area (Å²) in [4.78, 5) is 0. The Bertz CT molecular complexity index is 293. The zero-order valence-electron chi connectivity index (χ0n) is 6.95. The Kier molecular flexibility index (Phi) is 3.22. The van der Waals surface area contributed by atoms with E-state index in [4.69, 9.17) is 15.3 Å². The highest BCUT2D eigenvalue weighted by Crippen LogP contribution is 2.31. The molecule has 4 nitrogen and oxygen atoms in total. The maximum Gasteiger partial charge on any atom is 0.163 e. The minimum atomic E-state index is 0. The van der Waals surface area contributed by atoms with E-state index in [1.807, 2.05) is 18.2 Å². The molecule has 0 aromatic heterocycles. The Labute approximate surface area is 82.4 Å². The van der Waals surface area contributed by atoms with Crippen molar-refractivity contribution in [1.29, 1.82) is 0 Å². The average Bonchev–Trinajstić information content (AvgIpc) is 2.17. The highest BCUT2D eigenvalue weighted by atomic mass is 35.5. The van der Waals surface area contributed by atoms with Gasteiger partial charge in [0.15, 0.2) is 11.5 Å². The molecule has 1 aliphatic rings. The number of rotatable bonds is 1. The van der Waals surface area contributed by atoms with Crippen molar-refractivity contribution < 1.29 is 9.47 Å². The molecule has 1 aromatic rings. The van der Waals surface area contributed by atoms with Gasteiger partial charge in [0, 0.05) is 6.07 Å². The van der Waals surface area contributed by atoms with Crippen LogP contribution < -0.4 is 20.7 Å². The van der Waals surface area contributed by atoms with E-state index in [9.17, 15) is 0 Å². The maximum absolute atomic E-state index is 5.35. The fourth-order valence-corrected chi connectivity index (χ4v) is 1.13. The summed E-state index contributed by atoms with van der Waals surface area (Å²) in [6, 6.07) is 5.49.